The molecular formula is C23H26N2O3S. The summed E-state index contributed by atoms with van der Waals surface area (Å²) in [6.07, 6.45) is 1.33. The molecule has 1 aliphatic heterocycles. The number of hydrogen-bond acceptors (Lipinski definition) is 4. The van der Waals surface area contributed by atoms with Crippen molar-refractivity contribution in [3.05, 3.63) is 58.6 Å². The lowest BCUT2D eigenvalue weighted by atomic mass is 9.97. The molecule has 1 saturated heterocycles. The molecule has 0 atom stereocenters. The quantitative estimate of drug-likeness (QED) is 0.583. The molecule has 5 nitrogen and oxygen atoms in total. The fourth-order valence-corrected chi connectivity index (χ4v) is 4.88. The number of aromatic nitrogens is 1. The lowest BCUT2D eigenvalue weighted by Gasteiger charge is -2.31. The number of likely N-dealkylation sites (tertiary alicyclic amines) is 1. The molecule has 0 saturated carbocycles. The Morgan fingerprint density at radius 1 is 1.17 bits per heavy atom. The average Bonchev–Trinajstić information content (AvgIpc) is 3.30. The average molecular weight is 411 g/mol. The number of rotatable bonds is 5. The van der Waals surface area contributed by atoms with Crippen molar-refractivity contribution in [2.45, 2.75) is 33.2 Å². The molecule has 1 amide bonds. The molecule has 0 spiro atoms. The van der Waals surface area contributed by atoms with Crippen molar-refractivity contribution in [1.82, 2.24) is 9.47 Å². The molecular weight excluding hydrogens is 384 g/mol. The van der Waals surface area contributed by atoms with Crippen LogP contribution in [0.2, 0.25) is 0 Å². The van der Waals surface area contributed by atoms with Gasteiger partial charge < -0.3 is 14.2 Å². The molecule has 0 unspecified atom stereocenters. The van der Waals surface area contributed by atoms with E-state index in [0.29, 0.717) is 39.1 Å². The summed E-state index contributed by atoms with van der Waals surface area (Å²) in [4.78, 5) is 27.2. The van der Waals surface area contributed by atoms with Gasteiger partial charge in [-0.15, -0.1) is 11.3 Å². The van der Waals surface area contributed by atoms with Crippen LogP contribution in [0.25, 0.3) is 10.2 Å². The number of ether oxygens (including phenoxy) is 1. The SMILES string of the molecule is CCOC(=O)C1CCN(C(=O)c2cc3sccc3n2Cc2cccc(C)c2)CC1. The van der Waals surface area contributed by atoms with Gasteiger partial charge in [-0.05, 0) is 49.8 Å². The molecule has 1 aliphatic rings. The number of aryl methyl sites for hydroxylation is 1. The monoisotopic (exact) mass is 410 g/mol. The Balaban J connectivity index is 1.55. The molecule has 152 valence electrons. The van der Waals surface area contributed by atoms with Gasteiger partial charge in [-0.2, -0.15) is 0 Å². The highest BCUT2D eigenvalue weighted by molar-refractivity contribution is 7.17. The second kappa shape index (κ2) is 8.41. The normalized spacial score (nSPS) is 15.0. The number of hydrogen-bond donors (Lipinski definition) is 0. The summed E-state index contributed by atoms with van der Waals surface area (Å²) in [5.74, 6) is -0.187. The largest absolute Gasteiger partial charge is 0.466 e. The second-order valence-corrected chi connectivity index (χ2v) is 8.54. The van der Waals surface area contributed by atoms with E-state index in [1.165, 1.54) is 11.1 Å². The van der Waals surface area contributed by atoms with E-state index < -0.39 is 0 Å². The van der Waals surface area contributed by atoms with E-state index >= 15 is 0 Å². The van der Waals surface area contributed by atoms with Crippen LogP contribution >= 0.6 is 11.3 Å². The highest BCUT2D eigenvalue weighted by Crippen LogP contribution is 2.28. The van der Waals surface area contributed by atoms with Gasteiger partial charge in [0.05, 0.1) is 22.7 Å². The molecule has 3 heterocycles. The van der Waals surface area contributed by atoms with Crippen molar-refractivity contribution < 1.29 is 14.3 Å². The zero-order chi connectivity index (χ0) is 20.4. The number of esters is 1. The fraction of sp³-hybridized carbons (Fsp3) is 0.391. The maximum Gasteiger partial charge on any atom is 0.309 e. The zero-order valence-electron chi connectivity index (χ0n) is 16.9. The first-order valence-corrected chi connectivity index (χ1v) is 11.0. The first-order chi connectivity index (χ1) is 14.1. The highest BCUT2D eigenvalue weighted by atomic mass is 32.1. The van der Waals surface area contributed by atoms with Crippen LogP contribution < -0.4 is 0 Å². The highest BCUT2D eigenvalue weighted by Gasteiger charge is 2.30. The molecule has 4 rings (SSSR count). The Hall–Kier alpha value is -2.60. The van der Waals surface area contributed by atoms with E-state index in [0.717, 1.165) is 15.9 Å². The van der Waals surface area contributed by atoms with Crippen LogP contribution in [0.5, 0.6) is 0 Å². The predicted molar refractivity (Wildman–Crippen MR) is 115 cm³/mol. The van der Waals surface area contributed by atoms with Crippen molar-refractivity contribution in [2.24, 2.45) is 5.92 Å². The Kier molecular flexibility index (Phi) is 5.72. The lowest BCUT2D eigenvalue weighted by Crippen LogP contribution is -2.41. The van der Waals surface area contributed by atoms with Crippen LogP contribution in [0.15, 0.2) is 41.8 Å². The predicted octanol–water partition coefficient (Wildman–Crippen LogP) is 4.47. The van der Waals surface area contributed by atoms with Gasteiger partial charge in [-0.3, -0.25) is 9.59 Å². The van der Waals surface area contributed by atoms with Crippen molar-refractivity contribution >= 4 is 33.4 Å². The Morgan fingerprint density at radius 2 is 1.97 bits per heavy atom. The van der Waals surface area contributed by atoms with Crippen molar-refractivity contribution in [3.63, 3.8) is 0 Å². The van der Waals surface area contributed by atoms with Gasteiger partial charge >= 0.3 is 5.97 Å². The molecule has 0 N–H and O–H groups in total. The molecule has 1 aromatic carbocycles. The van der Waals surface area contributed by atoms with Gasteiger partial charge in [0, 0.05) is 19.6 Å². The number of nitrogens with zero attached hydrogens (tertiary/aromatic N) is 2. The Morgan fingerprint density at radius 3 is 2.69 bits per heavy atom. The van der Waals surface area contributed by atoms with Gasteiger partial charge in [-0.1, -0.05) is 29.8 Å². The third-order valence-electron chi connectivity index (χ3n) is 5.57. The van der Waals surface area contributed by atoms with E-state index in [2.05, 4.69) is 47.2 Å². The van der Waals surface area contributed by atoms with Crippen molar-refractivity contribution in [3.8, 4) is 0 Å². The number of carbonyl (C=O) groups excluding carboxylic acids is 2. The molecule has 6 heteroatoms. The van der Waals surface area contributed by atoms with Crippen LogP contribution in [0, 0.1) is 12.8 Å². The molecule has 0 bridgehead atoms. The molecule has 0 aliphatic carbocycles. The number of carbonyl (C=O) groups is 2. The number of piperidine rings is 1. The lowest BCUT2D eigenvalue weighted by molar-refractivity contribution is -0.149. The smallest absolute Gasteiger partial charge is 0.309 e. The summed E-state index contributed by atoms with van der Waals surface area (Å²) >= 11 is 1.66. The second-order valence-electron chi connectivity index (χ2n) is 7.59. The number of amides is 1. The summed E-state index contributed by atoms with van der Waals surface area (Å²) in [6.45, 7) is 6.16. The van der Waals surface area contributed by atoms with Crippen LogP contribution in [0.3, 0.4) is 0 Å². The first kappa shape index (κ1) is 19.7. The van der Waals surface area contributed by atoms with E-state index in [1.54, 1.807) is 11.3 Å². The van der Waals surface area contributed by atoms with E-state index in [4.69, 9.17) is 4.74 Å². The van der Waals surface area contributed by atoms with Gasteiger partial charge in [0.1, 0.15) is 5.69 Å². The third kappa shape index (κ3) is 4.08. The maximum absolute atomic E-state index is 13.3. The van der Waals surface area contributed by atoms with Crippen LogP contribution in [-0.2, 0) is 16.1 Å². The fourth-order valence-electron chi connectivity index (χ4n) is 4.06. The molecule has 3 aromatic rings. The van der Waals surface area contributed by atoms with Crippen LogP contribution in [0.1, 0.15) is 41.4 Å². The van der Waals surface area contributed by atoms with Gasteiger partial charge in [0.25, 0.3) is 5.91 Å². The molecule has 29 heavy (non-hydrogen) atoms. The summed E-state index contributed by atoms with van der Waals surface area (Å²) in [5.41, 5.74) is 4.22. The Labute approximate surface area is 174 Å². The summed E-state index contributed by atoms with van der Waals surface area (Å²) in [7, 11) is 0. The maximum atomic E-state index is 13.3. The molecule has 0 radical (unpaired) electrons. The van der Waals surface area contributed by atoms with E-state index in [1.807, 2.05) is 17.9 Å². The summed E-state index contributed by atoms with van der Waals surface area (Å²) in [5, 5.41) is 2.07. The molecule has 2 aromatic heterocycles. The van der Waals surface area contributed by atoms with Gasteiger partial charge in [-0.25, -0.2) is 0 Å². The van der Waals surface area contributed by atoms with Crippen LogP contribution in [-0.4, -0.2) is 41.0 Å². The molecule has 1 fully saturated rings. The minimum Gasteiger partial charge on any atom is -0.466 e. The van der Waals surface area contributed by atoms with Gasteiger partial charge in [0.15, 0.2) is 0 Å². The van der Waals surface area contributed by atoms with Crippen molar-refractivity contribution in [2.75, 3.05) is 19.7 Å². The minimum absolute atomic E-state index is 0.0448. The first-order valence-electron chi connectivity index (χ1n) is 10.1. The minimum atomic E-state index is -0.136. The summed E-state index contributed by atoms with van der Waals surface area (Å²) < 4.78 is 8.39. The zero-order valence-corrected chi connectivity index (χ0v) is 17.7. The van der Waals surface area contributed by atoms with Crippen LogP contribution in [0.4, 0.5) is 0 Å². The number of thiophene rings is 1. The Bertz CT molecular complexity index is 1030. The summed E-state index contributed by atoms with van der Waals surface area (Å²) in [6, 6.07) is 12.5. The van der Waals surface area contributed by atoms with Crippen molar-refractivity contribution in [1.29, 1.82) is 0 Å². The van der Waals surface area contributed by atoms with E-state index in [9.17, 15) is 9.59 Å². The topological polar surface area (TPSA) is 51.5 Å². The third-order valence-corrected chi connectivity index (χ3v) is 6.42. The standard InChI is InChI=1S/C23H26N2O3S/c1-3-28-23(27)18-7-10-24(11-8-18)22(26)20-14-21-19(9-12-29-21)25(20)15-17-6-4-5-16(2)13-17/h4-6,9,12-14,18H,3,7-8,10-11,15H2,1-2H3. The number of benzene rings is 1. The van der Waals surface area contributed by atoms with Gasteiger partial charge in [0.2, 0.25) is 0 Å². The van der Waals surface area contributed by atoms with E-state index in [-0.39, 0.29) is 17.8 Å². The number of fused-ring (bicyclic) bond motifs is 1.